The highest BCUT2D eigenvalue weighted by atomic mass is 16.4. The number of carbonyl (C=O) groups excluding carboxylic acids is 1. The van der Waals surface area contributed by atoms with Crippen LogP contribution in [-0.4, -0.2) is 56.8 Å². The predicted molar refractivity (Wildman–Crippen MR) is 91.0 cm³/mol. The number of rotatable bonds is 5. The number of piperidine rings is 1. The predicted octanol–water partition coefficient (Wildman–Crippen LogP) is 1.84. The number of nitrogens with zero attached hydrogens (tertiary/aromatic N) is 3. The van der Waals surface area contributed by atoms with Crippen molar-refractivity contribution in [1.82, 2.24) is 25.4 Å². The van der Waals surface area contributed by atoms with Crippen molar-refractivity contribution in [2.45, 2.75) is 25.2 Å². The average Bonchev–Trinajstić information content (AvgIpc) is 3.12. The number of amides is 2. The first-order valence-electron chi connectivity index (χ1n) is 8.36. The molecule has 2 aromatic rings. The smallest absolute Gasteiger partial charge is 0.317 e. The molecule has 1 atom stereocenters. The number of urea groups is 1. The summed E-state index contributed by atoms with van der Waals surface area (Å²) in [6.07, 6.45) is 1.73. The average molecular weight is 343 g/mol. The molecule has 3 N–H and O–H groups in total. The van der Waals surface area contributed by atoms with E-state index in [1.807, 2.05) is 30.3 Å². The SMILES string of the molecule is O=C(O)CCNC(=O)N1CCCC(c2nc(-c3ccccc3)n[nH]2)C1. The zero-order valence-electron chi connectivity index (χ0n) is 13.8. The molecule has 0 radical (unpaired) electrons. The van der Waals surface area contributed by atoms with Gasteiger partial charge < -0.3 is 15.3 Å². The molecular formula is C17H21N5O3. The first kappa shape index (κ1) is 16.9. The highest BCUT2D eigenvalue weighted by molar-refractivity contribution is 5.75. The molecule has 2 heterocycles. The van der Waals surface area contributed by atoms with Gasteiger partial charge in [0, 0.05) is 31.1 Å². The summed E-state index contributed by atoms with van der Waals surface area (Å²) in [5.74, 6) is 0.608. The van der Waals surface area contributed by atoms with E-state index in [4.69, 9.17) is 5.11 Å². The molecule has 1 aliphatic rings. The molecule has 1 saturated heterocycles. The first-order chi connectivity index (χ1) is 12.1. The highest BCUT2D eigenvalue weighted by Gasteiger charge is 2.27. The topological polar surface area (TPSA) is 111 Å². The molecule has 132 valence electrons. The molecule has 8 nitrogen and oxygen atoms in total. The molecule has 0 spiro atoms. The first-order valence-corrected chi connectivity index (χ1v) is 8.36. The fourth-order valence-electron chi connectivity index (χ4n) is 2.95. The van der Waals surface area contributed by atoms with Crippen LogP contribution in [0.5, 0.6) is 0 Å². The van der Waals surface area contributed by atoms with Gasteiger partial charge >= 0.3 is 12.0 Å². The number of nitrogens with one attached hydrogen (secondary N) is 2. The van der Waals surface area contributed by atoms with Gasteiger partial charge in [-0.15, -0.1) is 0 Å². The van der Waals surface area contributed by atoms with Gasteiger partial charge in [0.2, 0.25) is 0 Å². The van der Waals surface area contributed by atoms with Crippen molar-refractivity contribution < 1.29 is 14.7 Å². The van der Waals surface area contributed by atoms with E-state index in [-0.39, 0.29) is 24.9 Å². The number of carbonyl (C=O) groups is 2. The van der Waals surface area contributed by atoms with Crippen molar-refractivity contribution in [3.8, 4) is 11.4 Å². The molecule has 8 heteroatoms. The molecule has 1 aromatic heterocycles. The Kier molecular flexibility index (Phi) is 5.27. The van der Waals surface area contributed by atoms with Gasteiger partial charge in [-0.1, -0.05) is 30.3 Å². The van der Waals surface area contributed by atoms with E-state index in [0.717, 1.165) is 24.2 Å². The quantitative estimate of drug-likeness (QED) is 0.767. The van der Waals surface area contributed by atoms with E-state index in [2.05, 4.69) is 20.5 Å². The van der Waals surface area contributed by atoms with E-state index in [1.165, 1.54) is 0 Å². The molecular weight excluding hydrogens is 322 g/mol. The van der Waals surface area contributed by atoms with Gasteiger partial charge in [-0.3, -0.25) is 9.89 Å². The number of carboxylic acids is 1. The Bertz CT molecular complexity index is 731. The summed E-state index contributed by atoms with van der Waals surface area (Å²) >= 11 is 0. The third-order valence-corrected chi connectivity index (χ3v) is 4.25. The monoisotopic (exact) mass is 343 g/mol. The normalized spacial score (nSPS) is 17.3. The van der Waals surface area contributed by atoms with Gasteiger partial charge in [-0.05, 0) is 12.8 Å². The highest BCUT2D eigenvalue weighted by Crippen LogP contribution is 2.26. The van der Waals surface area contributed by atoms with Gasteiger partial charge in [-0.25, -0.2) is 9.78 Å². The van der Waals surface area contributed by atoms with Crippen molar-refractivity contribution in [2.24, 2.45) is 0 Å². The number of aliphatic carboxylic acids is 1. The van der Waals surface area contributed by atoms with Gasteiger partial charge in [0.05, 0.1) is 6.42 Å². The minimum absolute atomic E-state index is 0.0778. The lowest BCUT2D eigenvalue weighted by Gasteiger charge is -2.31. The number of benzene rings is 1. The molecule has 0 aliphatic carbocycles. The minimum atomic E-state index is -0.924. The van der Waals surface area contributed by atoms with Crippen molar-refractivity contribution in [2.75, 3.05) is 19.6 Å². The maximum Gasteiger partial charge on any atom is 0.317 e. The summed E-state index contributed by atoms with van der Waals surface area (Å²) in [4.78, 5) is 29.0. The van der Waals surface area contributed by atoms with Crippen LogP contribution in [-0.2, 0) is 4.79 Å². The zero-order chi connectivity index (χ0) is 17.6. The lowest BCUT2D eigenvalue weighted by molar-refractivity contribution is -0.136. The van der Waals surface area contributed by atoms with Crippen molar-refractivity contribution >= 4 is 12.0 Å². The maximum absolute atomic E-state index is 12.2. The Balaban J connectivity index is 1.61. The second kappa shape index (κ2) is 7.78. The number of carboxylic acid groups (broad SMARTS) is 1. The van der Waals surface area contributed by atoms with Crippen molar-refractivity contribution in [3.05, 3.63) is 36.2 Å². The number of hydrogen-bond acceptors (Lipinski definition) is 4. The van der Waals surface area contributed by atoms with E-state index in [1.54, 1.807) is 4.90 Å². The van der Waals surface area contributed by atoms with E-state index in [0.29, 0.717) is 18.9 Å². The summed E-state index contributed by atoms with van der Waals surface area (Å²) in [5, 5.41) is 18.6. The van der Waals surface area contributed by atoms with E-state index >= 15 is 0 Å². The molecule has 1 aliphatic heterocycles. The molecule has 1 aromatic carbocycles. The number of H-pyrrole nitrogens is 1. The second-order valence-electron chi connectivity index (χ2n) is 6.07. The Morgan fingerprint density at radius 2 is 2.12 bits per heavy atom. The molecule has 1 unspecified atom stereocenters. The van der Waals surface area contributed by atoms with Crippen LogP contribution in [0.4, 0.5) is 4.79 Å². The van der Waals surface area contributed by atoms with Crippen molar-refractivity contribution in [1.29, 1.82) is 0 Å². The summed E-state index contributed by atoms with van der Waals surface area (Å²) in [7, 11) is 0. The molecule has 0 bridgehead atoms. The van der Waals surface area contributed by atoms with Crippen LogP contribution in [0, 0.1) is 0 Å². The second-order valence-corrected chi connectivity index (χ2v) is 6.07. The van der Waals surface area contributed by atoms with Crippen LogP contribution >= 0.6 is 0 Å². The van der Waals surface area contributed by atoms with Crippen LogP contribution in [0.2, 0.25) is 0 Å². The van der Waals surface area contributed by atoms with Crippen LogP contribution in [0.1, 0.15) is 31.0 Å². The fourth-order valence-corrected chi connectivity index (χ4v) is 2.95. The van der Waals surface area contributed by atoms with Gasteiger partial charge in [0.15, 0.2) is 5.82 Å². The minimum Gasteiger partial charge on any atom is -0.481 e. The number of aromatic nitrogens is 3. The molecule has 25 heavy (non-hydrogen) atoms. The van der Waals surface area contributed by atoms with Crippen LogP contribution in [0.3, 0.4) is 0 Å². The fraction of sp³-hybridized carbons (Fsp3) is 0.412. The number of likely N-dealkylation sites (tertiary alicyclic amines) is 1. The maximum atomic E-state index is 12.2. The van der Waals surface area contributed by atoms with Gasteiger partial charge in [0.1, 0.15) is 5.82 Å². The van der Waals surface area contributed by atoms with Gasteiger partial charge in [-0.2, -0.15) is 5.10 Å². The van der Waals surface area contributed by atoms with Gasteiger partial charge in [0.25, 0.3) is 0 Å². The van der Waals surface area contributed by atoms with Crippen LogP contribution < -0.4 is 5.32 Å². The zero-order valence-corrected chi connectivity index (χ0v) is 13.8. The Morgan fingerprint density at radius 3 is 2.88 bits per heavy atom. The molecule has 3 rings (SSSR count). The summed E-state index contributed by atoms with van der Waals surface area (Å²) in [6.45, 7) is 1.34. The van der Waals surface area contributed by atoms with Crippen molar-refractivity contribution in [3.63, 3.8) is 0 Å². The summed E-state index contributed by atoms with van der Waals surface area (Å²) in [5.41, 5.74) is 0.948. The lowest BCUT2D eigenvalue weighted by atomic mass is 9.97. The Hall–Kier alpha value is -2.90. The van der Waals surface area contributed by atoms with Crippen LogP contribution in [0.15, 0.2) is 30.3 Å². The number of aromatic amines is 1. The summed E-state index contributed by atoms with van der Waals surface area (Å²) in [6, 6.07) is 9.50. The number of hydrogen-bond donors (Lipinski definition) is 3. The molecule has 0 saturated carbocycles. The lowest BCUT2D eigenvalue weighted by Crippen LogP contribution is -2.45. The largest absolute Gasteiger partial charge is 0.481 e. The van der Waals surface area contributed by atoms with E-state index in [9.17, 15) is 9.59 Å². The Labute approximate surface area is 145 Å². The third kappa shape index (κ3) is 4.34. The van der Waals surface area contributed by atoms with Crippen LogP contribution in [0.25, 0.3) is 11.4 Å². The third-order valence-electron chi connectivity index (χ3n) is 4.25. The standard InChI is InChI=1S/C17H21N5O3/c23-14(24)8-9-18-17(25)22-10-4-7-13(11-22)16-19-15(20-21-16)12-5-2-1-3-6-12/h1-3,5-6,13H,4,7-11H2,(H,18,25)(H,23,24)(H,19,20,21). The molecule has 2 amide bonds. The summed E-state index contributed by atoms with van der Waals surface area (Å²) < 4.78 is 0. The van der Waals surface area contributed by atoms with E-state index < -0.39 is 5.97 Å². The molecule has 1 fully saturated rings. The Morgan fingerprint density at radius 1 is 1.32 bits per heavy atom.